The Morgan fingerprint density at radius 2 is 2.04 bits per heavy atom. The molecule has 25 heavy (non-hydrogen) atoms. The standard InChI is InChI=1S/C18H20BrNO4S/c1-11(2)9-25(22,23)10-13-7-14(19)5-6-15(13)18(21)16-8-24-20-17(16)12-3-4-12/h5-8,11-12H,3-4,9-10H2,1-2H3. The second-order valence-electron chi connectivity index (χ2n) is 6.97. The van der Waals surface area contributed by atoms with Crippen LogP contribution in [0.5, 0.6) is 0 Å². The number of halogens is 1. The van der Waals surface area contributed by atoms with Crippen molar-refractivity contribution in [3.63, 3.8) is 0 Å². The van der Waals surface area contributed by atoms with Gasteiger partial charge in [-0.1, -0.05) is 34.9 Å². The summed E-state index contributed by atoms with van der Waals surface area (Å²) in [5, 5.41) is 3.96. The highest BCUT2D eigenvalue weighted by molar-refractivity contribution is 9.10. The van der Waals surface area contributed by atoms with Crippen molar-refractivity contribution >= 4 is 31.6 Å². The third-order valence-electron chi connectivity index (χ3n) is 4.08. The SMILES string of the molecule is CC(C)CS(=O)(=O)Cc1cc(Br)ccc1C(=O)c1conc1C1CC1. The van der Waals surface area contributed by atoms with Gasteiger partial charge >= 0.3 is 0 Å². The van der Waals surface area contributed by atoms with Gasteiger partial charge in [0.2, 0.25) is 0 Å². The van der Waals surface area contributed by atoms with Crippen molar-refractivity contribution in [1.29, 1.82) is 0 Å². The molecule has 0 atom stereocenters. The lowest BCUT2D eigenvalue weighted by Gasteiger charge is -2.11. The van der Waals surface area contributed by atoms with Crippen molar-refractivity contribution in [3.8, 4) is 0 Å². The minimum atomic E-state index is -3.30. The van der Waals surface area contributed by atoms with E-state index in [4.69, 9.17) is 4.52 Å². The van der Waals surface area contributed by atoms with E-state index in [1.807, 2.05) is 13.8 Å². The number of carbonyl (C=O) groups excluding carboxylic acids is 1. The molecular formula is C18H20BrNO4S. The van der Waals surface area contributed by atoms with Crippen LogP contribution in [-0.2, 0) is 15.6 Å². The topological polar surface area (TPSA) is 77.2 Å². The summed E-state index contributed by atoms with van der Waals surface area (Å²) in [4.78, 5) is 13.0. The molecule has 0 spiro atoms. The molecule has 7 heteroatoms. The van der Waals surface area contributed by atoms with Crippen LogP contribution in [0.25, 0.3) is 0 Å². The highest BCUT2D eigenvalue weighted by Gasteiger charge is 2.32. The first-order valence-electron chi connectivity index (χ1n) is 8.24. The average Bonchev–Trinajstić information content (AvgIpc) is 3.22. The molecule has 0 amide bonds. The van der Waals surface area contributed by atoms with Crippen LogP contribution in [0.3, 0.4) is 0 Å². The molecule has 0 N–H and O–H groups in total. The van der Waals surface area contributed by atoms with Crippen LogP contribution in [-0.4, -0.2) is 25.1 Å². The van der Waals surface area contributed by atoms with Crippen molar-refractivity contribution in [2.75, 3.05) is 5.75 Å². The second kappa shape index (κ2) is 7.03. The van der Waals surface area contributed by atoms with Crippen LogP contribution < -0.4 is 0 Å². The molecule has 1 fully saturated rings. The van der Waals surface area contributed by atoms with Crippen molar-refractivity contribution < 1.29 is 17.7 Å². The number of aromatic nitrogens is 1. The molecule has 1 aliphatic carbocycles. The summed E-state index contributed by atoms with van der Waals surface area (Å²) in [6.45, 7) is 3.73. The Bertz CT molecular complexity index is 898. The van der Waals surface area contributed by atoms with Gasteiger partial charge in [0.1, 0.15) is 6.26 Å². The highest BCUT2D eigenvalue weighted by Crippen LogP contribution is 2.41. The van der Waals surface area contributed by atoms with Gasteiger partial charge in [-0.15, -0.1) is 0 Å². The van der Waals surface area contributed by atoms with E-state index in [1.54, 1.807) is 18.2 Å². The van der Waals surface area contributed by atoms with Gasteiger partial charge in [-0.2, -0.15) is 0 Å². The van der Waals surface area contributed by atoms with E-state index in [2.05, 4.69) is 21.1 Å². The van der Waals surface area contributed by atoms with Gasteiger partial charge in [0, 0.05) is 16.0 Å². The summed E-state index contributed by atoms with van der Waals surface area (Å²) in [7, 11) is -3.30. The fraction of sp³-hybridized carbons (Fsp3) is 0.444. The molecule has 1 heterocycles. The summed E-state index contributed by atoms with van der Waals surface area (Å²) >= 11 is 3.36. The molecule has 0 radical (unpaired) electrons. The minimum Gasteiger partial charge on any atom is -0.364 e. The molecule has 0 aliphatic heterocycles. The lowest BCUT2D eigenvalue weighted by atomic mass is 9.98. The van der Waals surface area contributed by atoms with E-state index in [0.29, 0.717) is 22.4 Å². The Morgan fingerprint density at radius 1 is 1.32 bits per heavy atom. The molecule has 3 rings (SSSR count). The van der Waals surface area contributed by atoms with Gasteiger partial charge in [-0.25, -0.2) is 8.42 Å². The highest BCUT2D eigenvalue weighted by atomic mass is 79.9. The fourth-order valence-corrected chi connectivity index (χ4v) is 5.17. The Hall–Kier alpha value is -1.47. The van der Waals surface area contributed by atoms with Gasteiger partial charge in [0.25, 0.3) is 0 Å². The number of hydrogen-bond acceptors (Lipinski definition) is 5. The number of sulfone groups is 1. The molecule has 1 saturated carbocycles. The Morgan fingerprint density at radius 3 is 2.68 bits per heavy atom. The molecular weight excluding hydrogens is 406 g/mol. The summed E-state index contributed by atoms with van der Waals surface area (Å²) in [6, 6.07) is 5.11. The summed E-state index contributed by atoms with van der Waals surface area (Å²) in [6.07, 6.45) is 3.37. The first kappa shape index (κ1) is 18.3. The zero-order valence-electron chi connectivity index (χ0n) is 14.2. The van der Waals surface area contributed by atoms with Crippen LogP contribution in [0, 0.1) is 5.92 Å². The molecule has 1 aromatic heterocycles. The van der Waals surface area contributed by atoms with E-state index in [1.165, 1.54) is 6.26 Å². The van der Waals surface area contributed by atoms with Gasteiger partial charge in [-0.3, -0.25) is 4.79 Å². The number of hydrogen-bond donors (Lipinski definition) is 0. The smallest absolute Gasteiger partial charge is 0.198 e. The first-order valence-corrected chi connectivity index (χ1v) is 10.9. The lowest BCUT2D eigenvalue weighted by Crippen LogP contribution is -2.16. The third-order valence-corrected chi connectivity index (χ3v) is 6.50. The molecule has 1 aromatic carbocycles. The quantitative estimate of drug-likeness (QED) is 0.623. The molecule has 0 bridgehead atoms. The zero-order chi connectivity index (χ0) is 18.2. The van der Waals surface area contributed by atoms with Gasteiger partial charge in [0.05, 0.1) is 22.8 Å². The summed E-state index contributed by atoms with van der Waals surface area (Å²) < 4.78 is 30.6. The largest absolute Gasteiger partial charge is 0.364 e. The predicted octanol–water partition coefficient (Wildman–Crippen LogP) is 4.12. The maximum Gasteiger partial charge on any atom is 0.198 e. The van der Waals surface area contributed by atoms with Crippen LogP contribution >= 0.6 is 15.9 Å². The van der Waals surface area contributed by atoms with Gasteiger partial charge in [-0.05, 0) is 42.5 Å². The van der Waals surface area contributed by atoms with E-state index in [9.17, 15) is 13.2 Å². The van der Waals surface area contributed by atoms with E-state index < -0.39 is 9.84 Å². The maximum atomic E-state index is 13.0. The van der Waals surface area contributed by atoms with E-state index in [-0.39, 0.29) is 29.1 Å². The molecule has 1 aliphatic rings. The number of nitrogens with zero attached hydrogens (tertiary/aromatic N) is 1. The monoisotopic (exact) mass is 425 g/mol. The van der Waals surface area contributed by atoms with Crippen molar-refractivity contribution in [1.82, 2.24) is 5.16 Å². The van der Waals surface area contributed by atoms with E-state index >= 15 is 0 Å². The minimum absolute atomic E-state index is 0.0378. The normalized spacial score (nSPS) is 14.9. The van der Waals surface area contributed by atoms with Crippen molar-refractivity contribution in [2.45, 2.75) is 38.4 Å². The van der Waals surface area contributed by atoms with Gasteiger partial charge in [0.15, 0.2) is 15.6 Å². The number of benzene rings is 1. The zero-order valence-corrected chi connectivity index (χ0v) is 16.6. The predicted molar refractivity (Wildman–Crippen MR) is 98.4 cm³/mol. The van der Waals surface area contributed by atoms with Crippen LogP contribution in [0.1, 0.15) is 59.8 Å². The molecule has 5 nitrogen and oxygen atoms in total. The molecule has 0 unspecified atom stereocenters. The maximum absolute atomic E-state index is 13.0. The van der Waals surface area contributed by atoms with E-state index in [0.717, 1.165) is 17.3 Å². The Balaban J connectivity index is 1.96. The molecule has 2 aromatic rings. The number of rotatable bonds is 7. The number of carbonyl (C=O) groups is 1. The van der Waals surface area contributed by atoms with Crippen molar-refractivity contribution in [3.05, 3.63) is 51.3 Å². The fourth-order valence-electron chi connectivity index (χ4n) is 2.92. The molecule has 0 saturated heterocycles. The van der Waals surface area contributed by atoms with Crippen LogP contribution in [0.4, 0.5) is 0 Å². The third kappa shape index (κ3) is 4.39. The lowest BCUT2D eigenvalue weighted by molar-refractivity contribution is 0.103. The Labute approximate surface area is 155 Å². The Kier molecular flexibility index (Phi) is 5.16. The average molecular weight is 426 g/mol. The molecule has 134 valence electrons. The first-order chi connectivity index (χ1) is 11.8. The van der Waals surface area contributed by atoms with Crippen LogP contribution in [0.2, 0.25) is 0 Å². The summed E-state index contributed by atoms with van der Waals surface area (Å²) in [5.41, 5.74) is 2.01. The number of ketones is 1. The van der Waals surface area contributed by atoms with Crippen molar-refractivity contribution in [2.24, 2.45) is 5.92 Å². The van der Waals surface area contributed by atoms with Gasteiger partial charge < -0.3 is 4.52 Å². The summed E-state index contributed by atoms with van der Waals surface area (Å²) in [5.74, 6) is 0.0197. The van der Waals surface area contributed by atoms with Crippen LogP contribution in [0.15, 0.2) is 33.5 Å². The second-order valence-corrected chi connectivity index (χ2v) is 9.99.